The molecule has 47 heavy (non-hydrogen) atoms. The fraction of sp³-hybridized carbons (Fsp3) is 0.576. The smallest absolute Gasteiger partial charge is 0.489 e. The van der Waals surface area contributed by atoms with Crippen molar-refractivity contribution in [2.24, 2.45) is 0 Å². The SMILES string of the molecule is CN1CCCC(Oc2nc(-c3c(F)cccc3OC(=O)OC(C)(C)C)c(Cl)c3c2C(=O)N2CCN(C(=O)OC(C)(C)C)C[C@@H]2CO3)C1. The summed E-state index contributed by atoms with van der Waals surface area (Å²) in [5.41, 5.74) is -1.91. The van der Waals surface area contributed by atoms with Gasteiger partial charge >= 0.3 is 12.2 Å². The number of carbonyl (C=O) groups excluding carboxylic acids is 3. The van der Waals surface area contributed by atoms with Crippen LogP contribution in [0, 0.1) is 5.82 Å². The van der Waals surface area contributed by atoms with Crippen LogP contribution in [0.15, 0.2) is 18.2 Å². The van der Waals surface area contributed by atoms with E-state index in [1.165, 1.54) is 18.2 Å². The molecule has 5 rings (SSSR count). The number of amides is 2. The number of hydrogen-bond acceptors (Lipinski definition) is 10. The molecule has 0 spiro atoms. The van der Waals surface area contributed by atoms with Crippen LogP contribution in [0.4, 0.5) is 14.0 Å². The lowest BCUT2D eigenvalue weighted by Crippen LogP contribution is -2.58. The predicted molar refractivity (Wildman–Crippen MR) is 171 cm³/mol. The minimum Gasteiger partial charge on any atom is -0.489 e. The van der Waals surface area contributed by atoms with Crippen molar-refractivity contribution in [3.8, 4) is 28.6 Å². The van der Waals surface area contributed by atoms with Crippen LogP contribution in [0.3, 0.4) is 0 Å². The van der Waals surface area contributed by atoms with Gasteiger partial charge in [-0.1, -0.05) is 17.7 Å². The van der Waals surface area contributed by atoms with Crippen LogP contribution in [-0.4, -0.2) is 108 Å². The number of rotatable bonds is 4. The number of pyridine rings is 1. The number of halogens is 2. The number of aromatic nitrogens is 1. The van der Waals surface area contributed by atoms with E-state index in [0.717, 1.165) is 13.0 Å². The fourth-order valence-electron chi connectivity index (χ4n) is 5.73. The van der Waals surface area contributed by atoms with Crippen LogP contribution in [-0.2, 0) is 9.47 Å². The molecule has 12 nitrogen and oxygen atoms in total. The first kappa shape index (κ1) is 34.5. The lowest BCUT2D eigenvalue weighted by atomic mass is 10.1. The van der Waals surface area contributed by atoms with Crippen LogP contribution in [0.1, 0.15) is 64.7 Å². The van der Waals surface area contributed by atoms with E-state index < -0.39 is 41.2 Å². The second-order valence-electron chi connectivity index (χ2n) is 14.0. The molecule has 256 valence electrons. The van der Waals surface area contributed by atoms with Gasteiger partial charge in [0.05, 0.1) is 11.6 Å². The predicted octanol–water partition coefficient (Wildman–Crippen LogP) is 5.78. The molecule has 2 aromatic rings. The topological polar surface area (TPSA) is 120 Å². The molecule has 0 bridgehead atoms. The molecule has 1 aromatic carbocycles. The summed E-state index contributed by atoms with van der Waals surface area (Å²) in [5, 5.41) is -0.163. The van der Waals surface area contributed by atoms with E-state index in [9.17, 15) is 14.4 Å². The van der Waals surface area contributed by atoms with Crippen molar-refractivity contribution in [3.63, 3.8) is 0 Å². The Morgan fingerprint density at radius 2 is 1.74 bits per heavy atom. The van der Waals surface area contributed by atoms with Crippen LogP contribution < -0.4 is 14.2 Å². The average Bonchev–Trinajstić information content (AvgIpc) is 3.09. The summed E-state index contributed by atoms with van der Waals surface area (Å²) in [6.07, 6.45) is -0.291. The quantitative estimate of drug-likeness (QED) is 0.291. The molecule has 3 aliphatic rings. The van der Waals surface area contributed by atoms with Gasteiger partial charge in [-0.2, -0.15) is 0 Å². The molecule has 0 aliphatic carbocycles. The Hall–Kier alpha value is -3.84. The highest BCUT2D eigenvalue weighted by Crippen LogP contribution is 2.46. The number of carbonyl (C=O) groups is 3. The average molecular weight is 677 g/mol. The Morgan fingerprint density at radius 3 is 2.43 bits per heavy atom. The van der Waals surface area contributed by atoms with E-state index in [2.05, 4.69) is 9.88 Å². The zero-order valence-corrected chi connectivity index (χ0v) is 28.6. The lowest BCUT2D eigenvalue weighted by Gasteiger charge is -2.40. The van der Waals surface area contributed by atoms with E-state index in [1.54, 1.807) is 51.3 Å². The zero-order valence-electron chi connectivity index (χ0n) is 27.9. The molecule has 3 aliphatic heterocycles. The first-order valence-corrected chi connectivity index (χ1v) is 16.1. The van der Waals surface area contributed by atoms with E-state index in [1.807, 2.05) is 7.05 Å². The molecular formula is C33H42ClFN4O8. The van der Waals surface area contributed by atoms with Crippen molar-refractivity contribution in [2.45, 2.75) is 77.7 Å². The molecule has 14 heteroatoms. The van der Waals surface area contributed by atoms with E-state index in [-0.39, 0.29) is 71.6 Å². The Morgan fingerprint density at radius 1 is 1.02 bits per heavy atom. The van der Waals surface area contributed by atoms with Crippen LogP contribution >= 0.6 is 11.6 Å². The maximum Gasteiger partial charge on any atom is 0.514 e. The molecule has 2 atom stereocenters. The zero-order chi connectivity index (χ0) is 34.3. The van der Waals surface area contributed by atoms with Gasteiger partial charge in [0.1, 0.15) is 51.8 Å². The van der Waals surface area contributed by atoms with Crippen LogP contribution in [0.25, 0.3) is 11.3 Å². The number of ether oxygens (including phenoxy) is 5. The molecule has 2 amide bonds. The monoisotopic (exact) mass is 676 g/mol. The second-order valence-corrected chi connectivity index (χ2v) is 14.4. The Balaban J connectivity index is 1.57. The number of hydrogen-bond donors (Lipinski definition) is 0. The number of fused-ring (bicyclic) bond motifs is 2. The molecule has 2 fully saturated rings. The normalized spacial score (nSPS) is 20.4. The lowest BCUT2D eigenvalue weighted by molar-refractivity contribution is 0.000833. The molecule has 1 unspecified atom stereocenters. The molecule has 1 aromatic heterocycles. The van der Waals surface area contributed by atoms with Crippen molar-refractivity contribution in [1.82, 2.24) is 19.7 Å². The third kappa shape index (κ3) is 8.01. The minimum absolute atomic E-state index is 0.00569. The van der Waals surface area contributed by atoms with Gasteiger partial charge in [-0.25, -0.2) is 19.0 Å². The van der Waals surface area contributed by atoms with Crippen molar-refractivity contribution >= 4 is 29.8 Å². The third-order valence-corrected chi connectivity index (χ3v) is 8.10. The van der Waals surface area contributed by atoms with E-state index in [4.69, 9.17) is 35.3 Å². The largest absolute Gasteiger partial charge is 0.514 e. The molecule has 4 heterocycles. The van der Waals surface area contributed by atoms with Crippen molar-refractivity contribution < 1.29 is 42.5 Å². The summed E-state index contributed by atoms with van der Waals surface area (Å²) in [6, 6.07) is 3.40. The standard InChI is InChI=1S/C33H42ClFN4O8/c1-32(2,3)46-30(41)38-14-15-39-19(16-38)18-43-27-24(29(39)40)28(44-20-10-9-13-37(7)17-20)36-26(25(27)34)23-21(35)11-8-12-22(23)45-31(42)47-33(4,5)6/h8,11-12,19-20H,9-10,13-18H2,1-7H3/t19-,20?/m1/s1. The Kier molecular flexibility index (Phi) is 9.79. The number of piperazine rings is 1. The van der Waals surface area contributed by atoms with Crippen molar-refractivity contribution in [1.29, 1.82) is 0 Å². The van der Waals surface area contributed by atoms with Gasteiger partial charge in [0.25, 0.3) is 5.91 Å². The molecule has 0 N–H and O–H groups in total. The first-order valence-electron chi connectivity index (χ1n) is 15.7. The molecule has 2 saturated heterocycles. The van der Waals surface area contributed by atoms with Gasteiger partial charge in [0.15, 0.2) is 5.75 Å². The van der Waals surface area contributed by atoms with Gasteiger partial charge < -0.3 is 38.4 Å². The van der Waals surface area contributed by atoms with Crippen molar-refractivity contribution in [3.05, 3.63) is 34.6 Å². The molecular weight excluding hydrogens is 635 g/mol. The Bertz CT molecular complexity index is 1540. The number of piperidine rings is 1. The first-order chi connectivity index (χ1) is 22.0. The van der Waals surface area contributed by atoms with Gasteiger partial charge in [-0.15, -0.1) is 0 Å². The van der Waals surface area contributed by atoms with Crippen LogP contribution in [0.5, 0.6) is 17.4 Å². The van der Waals surface area contributed by atoms with Gasteiger partial charge in [0.2, 0.25) is 5.88 Å². The number of nitrogens with zero attached hydrogens (tertiary/aromatic N) is 4. The highest BCUT2D eigenvalue weighted by atomic mass is 35.5. The minimum atomic E-state index is -1.05. The van der Waals surface area contributed by atoms with Gasteiger partial charge in [0, 0.05) is 26.2 Å². The summed E-state index contributed by atoms with van der Waals surface area (Å²) >= 11 is 6.93. The van der Waals surface area contributed by atoms with E-state index in [0.29, 0.717) is 13.0 Å². The maximum absolute atomic E-state index is 15.7. The highest BCUT2D eigenvalue weighted by Gasteiger charge is 2.42. The summed E-state index contributed by atoms with van der Waals surface area (Å²) in [6.45, 7) is 12.4. The van der Waals surface area contributed by atoms with Gasteiger partial charge in [-0.05, 0) is 80.1 Å². The summed E-state index contributed by atoms with van der Waals surface area (Å²) in [5.74, 6) is -1.53. The number of likely N-dealkylation sites (tertiary alicyclic amines) is 1. The number of benzene rings is 1. The molecule has 0 saturated carbocycles. The Labute approximate surface area is 279 Å². The van der Waals surface area contributed by atoms with Crippen molar-refractivity contribution in [2.75, 3.05) is 46.4 Å². The second kappa shape index (κ2) is 13.3. The summed E-state index contributed by atoms with van der Waals surface area (Å²) in [4.78, 5) is 49.7. The van der Waals surface area contributed by atoms with Gasteiger partial charge in [-0.3, -0.25) is 4.79 Å². The number of likely N-dealkylation sites (N-methyl/N-ethyl adjacent to an activating group) is 1. The molecule has 0 radical (unpaired) electrons. The van der Waals surface area contributed by atoms with E-state index >= 15 is 4.39 Å². The summed E-state index contributed by atoms with van der Waals surface area (Å²) in [7, 11) is 1.97. The maximum atomic E-state index is 15.7. The third-order valence-electron chi connectivity index (χ3n) is 7.75. The van der Waals surface area contributed by atoms with Crippen LogP contribution in [0.2, 0.25) is 5.02 Å². The fourth-order valence-corrected chi connectivity index (χ4v) is 6.02. The summed E-state index contributed by atoms with van der Waals surface area (Å²) < 4.78 is 44.6. The highest BCUT2D eigenvalue weighted by molar-refractivity contribution is 6.35.